The highest BCUT2D eigenvalue weighted by molar-refractivity contribution is 7.99. The van der Waals surface area contributed by atoms with Gasteiger partial charge in [0.2, 0.25) is 0 Å². The number of aliphatic hydroxyl groups is 1. The number of rotatable bonds is 4. The van der Waals surface area contributed by atoms with Crippen molar-refractivity contribution in [1.29, 1.82) is 0 Å². The first-order chi connectivity index (χ1) is 8.27. The summed E-state index contributed by atoms with van der Waals surface area (Å²) in [7, 11) is 0. The van der Waals surface area contributed by atoms with E-state index in [2.05, 4.69) is 11.9 Å². The monoisotopic (exact) mass is 254 g/mol. The molecule has 2 rings (SSSR count). The normalized spacial score (nSPS) is 14.7. The summed E-state index contributed by atoms with van der Waals surface area (Å²) in [5, 5.41) is 9.93. The van der Waals surface area contributed by atoms with E-state index in [1.54, 1.807) is 16.3 Å². The topological polar surface area (TPSA) is 55.1 Å². The second-order valence-electron chi connectivity index (χ2n) is 4.14. The molecule has 0 saturated carbocycles. The molecular formula is C12H18N2O2S. The standard InChI is InChI=1S/C12H18N2O2S/c1-2-17-11-9-5-3-4-6-10(9)14(7-8-15)12(16)13-11/h15H,2-8H2,1H3. The van der Waals surface area contributed by atoms with Crippen LogP contribution >= 0.6 is 11.8 Å². The molecule has 5 heteroatoms. The van der Waals surface area contributed by atoms with Crippen LogP contribution in [0.15, 0.2) is 9.82 Å². The molecule has 0 bridgehead atoms. The molecule has 0 aliphatic heterocycles. The van der Waals surface area contributed by atoms with Crippen molar-refractivity contribution in [2.45, 2.75) is 44.2 Å². The minimum Gasteiger partial charge on any atom is -0.395 e. The van der Waals surface area contributed by atoms with Crippen molar-refractivity contribution in [3.05, 3.63) is 21.7 Å². The van der Waals surface area contributed by atoms with E-state index in [0.29, 0.717) is 6.54 Å². The Balaban J connectivity index is 2.52. The van der Waals surface area contributed by atoms with E-state index < -0.39 is 0 Å². The number of hydrogen-bond acceptors (Lipinski definition) is 4. The minimum absolute atomic E-state index is 0.00566. The van der Waals surface area contributed by atoms with E-state index in [0.717, 1.165) is 35.7 Å². The van der Waals surface area contributed by atoms with E-state index in [1.807, 2.05) is 0 Å². The summed E-state index contributed by atoms with van der Waals surface area (Å²) in [5.74, 6) is 0.933. The molecule has 1 heterocycles. The number of thioether (sulfide) groups is 1. The summed E-state index contributed by atoms with van der Waals surface area (Å²) in [6.07, 6.45) is 4.24. The molecule has 1 aliphatic carbocycles. The van der Waals surface area contributed by atoms with Crippen molar-refractivity contribution in [2.24, 2.45) is 0 Å². The maximum Gasteiger partial charge on any atom is 0.348 e. The first kappa shape index (κ1) is 12.6. The molecule has 0 spiro atoms. The smallest absolute Gasteiger partial charge is 0.348 e. The summed E-state index contributed by atoms with van der Waals surface area (Å²) >= 11 is 1.64. The van der Waals surface area contributed by atoms with Gasteiger partial charge < -0.3 is 5.11 Å². The molecule has 0 amide bonds. The van der Waals surface area contributed by atoms with Crippen LogP contribution in [-0.4, -0.2) is 27.0 Å². The van der Waals surface area contributed by atoms with Gasteiger partial charge in [-0.05, 0) is 31.4 Å². The van der Waals surface area contributed by atoms with Crippen LogP contribution in [0, 0.1) is 0 Å². The van der Waals surface area contributed by atoms with Crippen molar-refractivity contribution in [1.82, 2.24) is 9.55 Å². The Morgan fingerprint density at radius 1 is 1.41 bits per heavy atom. The van der Waals surface area contributed by atoms with Gasteiger partial charge in [-0.2, -0.15) is 4.98 Å². The molecule has 1 aromatic rings. The summed E-state index contributed by atoms with van der Waals surface area (Å²) in [6.45, 7) is 2.43. The SMILES string of the molecule is CCSc1nc(=O)n(CCO)c2c1CCCC2. The van der Waals surface area contributed by atoms with Crippen molar-refractivity contribution < 1.29 is 5.11 Å². The Morgan fingerprint density at radius 3 is 2.88 bits per heavy atom. The van der Waals surface area contributed by atoms with Crippen molar-refractivity contribution >= 4 is 11.8 Å². The van der Waals surface area contributed by atoms with E-state index in [4.69, 9.17) is 5.11 Å². The van der Waals surface area contributed by atoms with Crippen molar-refractivity contribution in [3.63, 3.8) is 0 Å². The molecule has 4 nitrogen and oxygen atoms in total. The third kappa shape index (κ3) is 2.55. The lowest BCUT2D eigenvalue weighted by Gasteiger charge is -2.22. The molecular weight excluding hydrogens is 236 g/mol. The lowest BCUT2D eigenvalue weighted by Crippen LogP contribution is -2.31. The number of fused-ring (bicyclic) bond motifs is 1. The van der Waals surface area contributed by atoms with E-state index in [-0.39, 0.29) is 12.3 Å². The molecule has 0 fully saturated rings. The Kier molecular flexibility index (Phi) is 4.23. The van der Waals surface area contributed by atoms with Crippen molar-refractivity contribution in [3.8, 4) is 0 Å². The second kappa shape index (κ2) is 5.69. The average Bonchev–Trinajstić information content (AvgIpc) is 2.34. The third-order valence-corrected chi connectivity index (χ3v) is 3.96. The van der Waals surface area contributed by atoms with E-state index in [1.165, 1.54) is 12.0 Å². The number of aromatic nitrogens is 2. The van der Waals surface area contributed by atoms with Crippen LogP contribution in [0.1, 0.15) is 31.0 Å². The molecule has 0 radical (unpaired) electrons. The lowest BCUT2D eigenvalue weighted by molar-refractivity contribution is 0.269. The first-order valence-electron chi connectivity index (χ1n) is 6.14. The minimum atomic E-state index is -0.212. The Labute approximate surface area is 105 Å². The predicted octanol–water partition coefficient (Wildman–Crippen LogP) is 1.23. The van der Waals surface area contributed by atoms with Gasteiger partial charge in [-0.15, -0.1) is 11.8 Å². The summed E-state index contributed by atoms with van der Waals surface area (Å²) < 4.78 is 1.65. The third-order valence-electron chi connectivity index (χ3n) is 3.06. The fourth-order valence-electron chi connectivity index (χ4n) is 2.33. The maximum atomic E-state index is 11.9. The highest BCUT2D eigenvalue weighted by Gasteiger charge is 2.19. The van der Waals surface area contributed by atoms with E-state index in [9.17, 15) is 4.79 Å². The zero-order valence-electron chi connectivity index (χ0n) is 10.1. The molecule has 1 aliphatic rings. The molecule has 0 unspecified atom stereocenters. The Bertz CT molecular complexity index is 457. The van der Waals surface area contributed by atoms with Crippen LogP contribution in [0.4, 0.5) is 0 Å². The van der Waals surface area contributed by atoms with Crippen LogP contribution in [0.25, 0.3) is 0 Å². The van der Waals surface area contributed by atoms with Crippen LogP contribution in [0.3, 0.4) is 0 Å². The van der Waals surface area contributed by atoms with Crippen molar-refractivity contribution in [2.75, 3.05) is 12.4 Å². The number of hydrogen-bond donors (Lipinski definition) is 1. The Hall–Kier alpha value is -0.810. The summed E-state index contributed by atoms with van der Waals surface area (Å²) in [4.78, 5) is 16.1. The molecule has 0 saturated heterocycles. The predicted molar refractivity (Wildman–Crippen MR) is 68.6 cm³/mol. The molecule has 94 valence electrons. The lowest BCUT2D eigenvalue weighted by atomic mass is 9.97. The van der Waals surface area contributed by atoms with Gasteiger partial charge in [0.1, 0.15) is 5.03 Å². The van der Waals surface area contributed by atoms with Gasteiger partial charge in [0.05, 0.1) is 13.2 Å². The molecule has 0 atom stereocenters. The van der Waals surface area contributed by atoms with Gasteiger partial charge in [-0.3, -0.25) is 4.57 Å². The maximum absolute atomic E-state index is 11.9. The van der Waals surface area contributed by atoms with Crippen LogP contribution in [0.5, 0.6) is 0 Å². The van der Waals surface area contributed by atoms with Gasteiger partial charge in [-0.1, -0.05) is 6.92 Å². The quantitative estimate of drug-likeness (QED) is 0.648. The number of nitrogens with zero attached hydrogens (tertiary/aromatic N) is 2. The molecule has 0 aromatic carbocycles. The van der Waals surface area contributed by atoms with Crippen LogP contribution in [-0.2, 0) is 19.4 Å². The highest BCUT2D eigenvalue weighted by Crippen LogP contribution is 2.27. The van der Waals surface area contributed by atoms with Gasteiger partial charge >= 0.3 is 5.69 Å². The van der Waals surface area contributed by atoms with Gasteiger partial charge in [-0.25, -0.2) is 4.79 Å². The fraction of sp³-hybridized carbons (Fsp3) is 0.667. The zero-order valence-corrected chi connectivity index (χ0v) is 10.9. The average molecular weight is 254 g/mol. The zero-order chi connectivity index (χ0) is 12.3. The van der Waals surface area contributed by atoms with Gasteiger partial charge in [0.25, 0.3) is 0 Å². The largest absolute Gasteiger partial charge is 0.395 e. The number of aliphatic hydroxyl groups excluding tert-OH is 1. The van der Waals surface area contributed by atoms with Gasteiger partial charge in [0, 0.05) is 11.3 Å². The summed E-state index contributed by atoms with van der Waals surface area (Å²) in [5.41, 5.74) is 2.12. The fourth-order valence-corrected chi connectivity index (χ4v) is 3.14. The van der Waals surface area contributed by atoms with Crippen LogP contribution < -0.4 is 5.69 Å². The molecule has 1 N–H and O–H groups in total. The second-order valence-corrected chi connectivity index (χ2v) is 5.39. The van der Waals surface area contributed by atoms with Gasteiger partial charge in [0.15, 0.2) is 0 Å². The van der Waals surface area contributed by atoms with Crippen LogP contribution in [0.2, 0.25) is 0 Å². The molecule has 17 heavy (non-hydrogen) atoms. The Morgan fingerprint density at radius 2 is 2.18 bits per heavy atom. The first-order valence-corrected chi connectivity index (χ1v) is 7.12. The highest BCUT2D eigenvalue weighted by atomic mass is 32.2. The van der Waals surface area contributed by atoms with E-state index >= 15 is 0 Å². The molecule has 1 aromatic heterocycles. The summed E-state index contributed by atoms with van der Waals surface area (Å²) in [6, 6.07) is 0.